The molecule has 90 valence electrons. The summed E-state index contributed by atoms with van der Waals surface area (Å²) in [6.07, 6.45) is 3.17. The summed E-state index contributed by atoms with van der Waals surface area (Å²) in [6, 6.07) is -1.22. The molecular formula is C10H16N2O4. The topological polar surface area (TPSA) is 101 Å². The minimum Gasteiger partial charge on any atom is -0.480 e. The second-order valence-electron chi connectivity index (χ2n) is 3.28. The minimum absolute atomic E-state index is 0.391. The van der Waals surface area contributed by atoms with Crippen molar-refractivity contribution in [1.29, 1.82) is 0 Å². The number of hydrogen-bond acceptors (Lipinski definition) is 3. The lowest BCUT2D eigenvalue weighted by atomic mass is 10.1. The molecule has 0 fully saturated rings. The number of amides is 2. The third-order valence-corrected chi connectivity index (χ3v) is 1.99. The van der Waals surface area contributed by atoms with Gasteiger partial charge < -0.3 is 15.7 Å². The van der Waals surface area contributed by atoms with Crippen LogP contribution in [0.3, 0.4) is 0 Å². The van der Waals surface area contributed by atoms with Crippen molar-refractivity contribution in [1.82, 2.24) is 4.90 Å². The van der Waals surface area contributed by atoms with Gasteiger partial charge in [-0.2, -0.15) is 0 Å². The summed E-state index contributed by atoms with van der Waals surface area (Å²) in [7, 11) is 1.32. The molecule has 0 saturated carbocycles. The predicted molar refractivity (Wildman–Crippen MR) is 57.4 cm³/mol. The molecular weight excluding hydrogens is 212 g/mol. The van der Waals surface area contributed by atoms with E-state index in [0.717, 1.165) is 4.90 Å². The van der Waals surface area contributed by atoms with Crippen molar-refractivity contribution in [2.45, 2.75) is 25.8 Å². The van der Waals surface area contributed by atoms with E-state index in [1.807, 2.05) is 6.92 Å². The van der Waals surface area contributed by atoms with Crippen LogP contribution in [0.15, 0.2) is 12.2 Å². The molecule has 1 atom stereocenters. The van der Waals surface area contributed by atoms with Crippen LogP contribution >= 0.6 is 0 Å². The highest BCUT2D eigenvalue weighted by atomic mass is 16.4. The van der Waals surface area contributed by atoms with Gasteiger partial charge in [-0.1, -0.05) is 13.0 Å². The lowest BCUT2D eigenvalue weighted by Crippen LogP contribution is -2.44. The Kier molecular flexibility index (Phi) is 5.84. The number of nitrogens with zero attached hydrogens (tertiary/aromatic N) is 1. The Bertz CT molecular complexity index is 312. The SMILES string of the molecule is CCC=CC(=O)N(C)[C@@H](CC(N)=O)C(=O)O. The quantitative estimate of drug-likeness (QED) is 0.611. The largest absolute Gasteiger partial charge is 0.480 e. The lowest BCUT2D eigenvalue weighted by molar-refractivity contribution is -0.149. The average molecular weight is 228 g/mol. The van der Waals surface area contributed by atoms with Crippen LogP contribution in [-0.2, 0) is 14.4 Å². The molecule has 6 nitrogen and oxygen atoms in total. The van der Waals surface area contributed by atoms with Crippen LogP contribution in [-0.4, -0.2) is 40.9 Å². The first kappa shape index (κ1) is 14.2. The Balaban J connectivity index is 4.66. The fourth-order valence-corrected chi connectivity index (χ4v) is 1.07. The molecule has 0 aliphatic carbocycles. The molecule has 0 spiro atoms. The predicted octanol–water partition coefficient (Wildman–Crippen LogP) is -0.260. The fraction of sp³-hybridized carbons (Fsp3) is 0.500. The van der Waals surface area contributed by atoms with E-state index in [0.29, 0.717) is 6.42 Å². The van der Waals surface area contributed by atoms with Crippen molar-refractivity contribution in [3.63, 3.8) is 0 Å². The zero-order valence-corrected chi connectivity index (χ0v) is 9.34. The summed E-state index contributed by atoms with van der Waals surface area (Å²) >= 11 is 0. The molecule has 0 aromatic rings. The smallest absolute Gasteiger partial charge is 0.326 e. The van der Waals surface area contributed by atoms with Gasteiger partial charge in [0.05, 0.1) is 6.42 Å². The summed E-state index contributed by atoms with van der Waals surface area (Å²) in [5.74, 6) is -2.47. The number of primary amides is 1. The highest BCUT2D eigenvalue weighted by Crippen LogP contribution is 2.03. The zero-order chi connectivity index (χ0) is 12.7. The first-order chi connectivity index (χ1) is 7.40. The standard InChI is InChI=1S/C10H16N2O4/c1-3-4-5-9(14)12(2)7(10(15)16)6-8(11)13/h4-5,7H,3,6H2,1-2H3,(H2,11,13)(H,15,16)/t7-/m0/s1. The minimum atomic E-state index is -1.25. The fourth-order valence-electron chi connectivity index (χ4n) is 1.07. The lowest BCUT2D eigenvalue weighted by Gasteiger charge is -2.22. The molecule has 0 radical (unpaired) electrons. The van der Waals surface area contributed by atoms with Crippen LogP contribution in [0.2, 0.25) is 0 Å². The molecule has 16 heavy (non-hydrogen) atoms. The molecule has 0 aliphatic rings. The van der Waals surface area contributed by atoms with E-state index in [2.05, 4.69) is 0 Å². The number of carboxylic acids is 1. The van der Waals surface area contributed by atoms with Crippen molar-refractivity contribution < 1.29 is 19.5 Å². The van der Waals surface area contributed by atoms with Gasteiger partial charge in [-0.3, -0.25) is 9.59 Å². The van der Waals surface area contributed by atoms with E-state index in [-0.39, 0.29) is 0 Å². The van der Waals surface area contributed by atoms with Gasteiger partial charge in [-0.15, -0.1) is 0 Å². The Labute approximate surface area is 93.7 Å². The average Bonchev–Trinajstić information content (AvgIpc) is 2.20. The van der Waals surface area contributed by atoms with Gasteiger partial charge in [-0.05, 0) is 12.5 Å². The molecule has 0 aromatic heterocycles. The molecule has 0 aliphatic heterocycles. The monoisotopic (exact) mass is 228 g/mol. The number of nitrogens with two attached hydrogens (primary N) is 1. The number of carbonyl (C=O) groups is 3. The number of aliphatic carboxylic acids is 1. The maximum atomic E-state index is 11.5. The number of allylic oxidation sites excluding steroid dienone is 1. The van der Waals surface area contributed by atoms with E-state index in [9.17, 15) is 14.4 Å². The second-order valence-corrected chi connectivity index (χ2v) is 3.28. The molecule has 0 heterocycles. The number of rotatable bonds is 6. The second kappa shape index (κ2) is 6.60. The summed E-state index contributed by atoms with van der Waals surface area (Å²) in [6.45, 7) is 1.85. The van der Waals surface area contributed by atoms with Crippen LogP contribution in [0.4, 0.5) is 0 Å². The Morgan fingerprint density at radius 3 is 2.38 bits per heavy atom. The summed E-state index contributed by atoms with van der Waals surface area (Å²) in [5, 5.41) is 8.84. The van der Waals surface area contributed by atoms with Gasteiger partial charge in [-0.25, -0.2) is 4.79 Å². The highest BCUT2D eigenvalue weighted by molar-refractivity contribution is 5.92. The number of hydrogen-bond donors (Lipinski definition) is 2. The molecule has 2 amide bonds. The van der Waals surface area contributed by atoms with E-state index in [4.69, 9.17) is 10.8 Å². The van der Waals surface area contributed by atoms with Crippen molar-refractivity contribution in [2.75, 3.05) is 7.05 Å². The molecule has 6 heteroatoms. The van der Waals surface area contributed by atoms with E-state index >= 15 is 0 Å². The number of likely N-dealkylation sites (N-methyl/N-ethyl adjacent to an activating group) is 1. The third-order valence-electron chi connectivity index (χ3n) is 1.99. The Morgan fingerprint density at radius 1 is 1.44 bits per heavy atom. The van der Waals surface area contributed by atoms with Crippen LogP contribution < -0.4 is 5.73 Å². The van der Waals surface area contributed by atoms with Gasteiger partial charge in [0.15, 0.2) is 0 Å². The summed E-state index contributed by atoms with van der Waals surface area (Å²) in [4.78, 5) is 33.9. The van der Waals surface area contributed by atoms with E-state index in [1.165, 1.54) is 13.1 Å². The maximum absolute atomic E-state index is 11.5. The number of carbonyl (C=O) groups excluding carboxylic acids is 2. The third kappa shape index (κ3) is 4.59. The summed E-state index contributed by atoms with van der Waals surface area (Å²) in [5.41, 5.74) is 4.91. The van der Waals surface area contributed by atoms with E-state index < -0.39 is 30.2 Å². The van der Waals surface area contributed by atoms with Gasteiger partial charge >= 0.3 is 5.97 Å². The van der Waals surface area contributed by atoms with Crippen LogP contribution in [0, 0.1) is 0 Å². The molecule has 0 aromatic carbocycles. The van der Waals surface area contributed by atoms with Crippen molar-refractivity contribution >= 4 is 17.8 Å². The van der Waals surface area contributed by atoms with Gasteiger partial charge in [0, 0.05) is 7.05 Å². The van der Waals surface area contributed by atoms with E-state index in [1.54, 1.807) is 6.08 Å². The first-order valence-electron chi connectivity index (χ1n) is 4.84. The van der Waals surface area contributed by atoms with Crippen molar-refractivity contribution in [3.05, 3.63) is 12.2 Å². The van der Waals surface area contributed by atoms with Gasteiger partial charge in [0.25, 0.3) is 0 Å². The zero-order valence-electron chi connectivity index (χ0n) is 9.34. The summed E-state index contributed by atoms with van der Waals surface area (Å²) < 4.78 is 0. The van der Waals surface area contributed by atoms with Gasteiger partial charge in [0.2, 0.25) is 11.8 Å². The molecule has 0 bridgehead atoms. The van der Waals surface area contributed by atoms with Gasteiger partial charge in [0.1, 0.15) is 6.04 Å². The molecule has 0 saturated heterocycles. The van der Waals surface area contributed by atoms with Crippen LogP contribution in [0.5, 0.6) is 0 Å². The van der Waals surface area contributed by atoms with Crippen LogP contribution in [0.25, 0.3) is 0 Å². The molecule has 3 N–H and O–H groups in total. The molecule has 0 rings (SSSR count). The highest BCUT2D eigenvalue weighted by Gasteiger charge is 2.26. The van der Waals surface area contributed by atoms with Crippen molar-refractivity contribution in [2.24, 2.45) is 5.73 Å². The number of carboxylic acid groups (broad SMARTS) is 1. The normalized spacial score (nSPS) is 12.4. The Morgan fingerprint density at radius 2 is 2.00 bits per heavy atom. The van der Waals surface area contributed by atoms with Crippen LogP contribution in [0.1, 0.15) is 19.8 Å². The Hall–Kier alpha value is -1.85. The maximum Gasteiger partial charge on any atom is 0.326 e. The molecule has 0 unspecified atom stereocenters. The van der Waals surface area contributed by atoms with Crippen molar-refractivity contribution in [3.8, 4) is 0 Å². The first-order valence-corrected chi connectivity index (χ1v) is 4.84.